The molecule has 32 heavy (non-hydrogen) atoms. The van der Waals surface area contributed by atoms with Crippen molar-refractivity contribution in [2.45, 2.75) is 25.8 Å². The lowest BCUT2D eigenvalue weighted by atomic mass is 9.93. The van der Waals surface area contributed by atoms with Crippen LogP contribution in [0, 0.1) is 11.7 Å². The number of nitrogens with zero attached hydrogens (tertiary/aromatic N) is 3. The van der Waals surface area contributed by atoms with E-state index in [1.807, 2.05) is 12.1 Å². The molecule has 1 fully saturated rings. The van der Waals surface area contributed by atoms with E-state index < -0.39 is 0 Å². The lowest BCUT2D eigenvalue weighted by molar-refractivity contribution is 0.174. The number of hydrogen-bond acceptors (Lipinski definition) is 4. The van der Waals surface area contributed by atoms with Crippen molar-refractivity contribution in [1.29, 1.82) is 0 Å². The third-order valence-electron chi connectivity index (χ3n) is 5.62. The number of anilines is 1. The molecule has 1 aromatic heterocycles. The summed E-state index contributed by atoms with van der Waals surface area (Å²) >= 11 is 0. The van der Waals surface area contributed by atoms with Crippen LogP contribution in [-0.4, -0.2) is 40.2 Å². The summed E-state index contributed by atoms with van der Waals surface area (Å²) in [4.78, 5) is 2.55. The Morgan fingerprint density at radius 1 is 0.875 bits per heavy atom. The molecule has 0 aliphatic carbocycles. The topological polar surface area (TPSA) is 72.5 Å². The van der Waals surface area contributed by atoms with Crippen LogP contribution in [0.25, 0.3) is 11.3 Å². The molecule has 0 unspecified atom stereocenters. The molecule has 5 nitrogen and oxygen atoms in total. The molecule has 2 aromatic carbocycles. The van der Waals surface area contributed by atoms with Crippen molar-refractivity contribution in [3.05, 3.63) is 78.1 Å². The zero-order valence-corrected chi connectivity index (χ0v) is 19.5. The van der Waals surface area contributed by atoms with E-state index in [1.54, 1.807) is 12.1 Å². The Hall–Kier alpha value is -2.25. The standard InChI is InChI=1S/C24H27FN4.2ClH.H2O/c25-22-8-6-21(7-9-22)23-10-11-24(28-27-23)26-15-12-19-13-16-29(17-14-19)18-20-4-2-1-3-5-20;;;/h1-11,19H,12-18H2,(H,26,28);2*1H;1H2. The van der Waals surface area contributed by atoms with E-state index in [1.165, 1.54) is 43.6 Å². The van der Waals surface area contributed by atoms with E-state index in [4.69, 9.17) is 0 Å². The summed E-state index contributed by atoms with van der Waals surface area (Å²) in [7, 11) is 0. The maximum absolute atomic E-state index is 13.0. The molecular weight excluding hydrogens is 450 g/mol. The van der Waals surface area contributed by atoms with Crippen LogP contribution < -0.4 is 5.32 Å². The minimum atomic E-state index is -0.245. The summed E-state index contributed by atoms with van der Waals surface area (Å²) in [5.74, 6) is 1.31. The fourth-order valence-electron chi connectivity index (χ4n) is 3.88. The molecule has 4 rings (SSSR count). The van der Waals surface area contributed by atoms with Gasteiger partial charge in [0.05, 0.1) is 5.69 Å². The van der Waals surface area contributed by atoms with Crippen molar-refractivity contribution < 1.29 is 9.87 Å². The SMILES string of the molecule is Cl.Cl.Fc1ccc(-c2ccc(NCCC3CCN(Cc4ccccc4)CC3)nn2)cc1.O. The number of aromatic nitrogens is 2. The van der Waals surface area contributed by atoms with Gasteiger partial charge in [-0.1, -0.05) is 30.3 Å². The van der Waals surface area contributed by atoms with Crippen LogP contribution in [0.5, 0.6) is 0 Å². The molecule has 1 aliphatic rings. The van der Waals surface area contributed by atoms with Crippen molar-refractivity contribution in [3.8, 4) is 11.3 Å². The molecule has 8 heteroatoms. The van der Waals surface area contributed by atoms with Gasteiger partial charge in [-0.25, -0.2) is 4.39 Å². The Morgan fingerprint density at radius 2 is 1.56 bits per heavy atom. The summed E-state index contributed by atoms with van der Waals surface area (Å²) in [6.45, 7) is 4.31. The number of nitrogens with one attached hydrogen (secondary N) is 1. The van der Waals surface area contributed by atoms with Crippen LogP contribution in [0.15, 0.2) is 66.7 Å². The number of hydrogen-bond donors (Lipinski definition) is 1. The van der Waals surface area contributed by atoms with Crippen molar-refractivity contribution in [2.75, 3.05) is 25.0 Å². The highest BCUT2D eigenvalue weighted by Gasteiger charge is 2.18. The highest BCUT2D eigenvalue weighted by atomic mass is 35.5. The van der Waals surface area contributed by atoms with Crippen molar-refractivity contribution in [1.82, 2.24) is 15.1 Å². The quantitative estimate of drug-likeness (QED) is 0.515. The normalized spacial score (nSPS) is 13.9. The molecule has 174 valence electrons. The summed E-state index contributed by atoms with van der Waals surface area (Å²) in [5.41, 5.74) is 3.02. The molecule has 0 spiro atoms. The van der Waals surface area contributed by atoms with E-state index in [9.17, 15) is 4.39 Å². The second-order valence-electron chi connectivity index (χ2n) is 7.73. The van der Waals surface area contributed by atoms with E-state index in [0.717, 1.165) is 42.5 Å². The van der Waals surface area contributed by atoms with Gasteiger partial charge in [-0.3, -0.25) is 4.90 Å². The highest BCUT2D eigenvalue weighted by molar-refractivity contribution is 5.85. The van der Waals surface area contributed by atoms with Crippen LogP contribution in [0.1, 0.15) is 24.8 Å². The lowest BCUT2D eigenvalue weighted by Crippen LogP contribution is -2.33. The van der Waals surface area contributed by atoms with Crippen LogP contribution in [-0.2, 0) is 6.54 Å². The van der Waals surface area contributed by atoms with Crippen LogP contribution >= 0.6 is 24.8 Å². The third-order valence-corrected chi connectivity index (χ3v) is 5.62. The minimum absolute atomic E-state index is 0. The number of benzene rings is 2. The monoisotopic (exact) mass is 480 g/mol. The first-order valence-electron chi connectivity index (χ1n) is 10.4. The summed E-state index contributed by atoms with van der Waals surface area (Å²) in [6.07, 6.45) is 3.66. The predicted molar refractivity (Wildman–Crippen MR) is 133 cm³/mol. The average Bonchev–Trinajstić information content (AvgIpc) is 2.77. The first kappa shape index (κ1) is 27.8. The van der Waals surface area contributed by atoms with Crippen LogP contribution in [0.4, 0.5) is 10.2 Å². The molecule has 0 saturated carbocycles. The van der Waals surface area contributed by atoms with Gasteiger partial charge in [0.1, 0.15) is 11.6 Å². The van der Waals surface area contributed by atoms with Gasteiger partial charge in [-0.2, -0.15) is 0 Å². The number of halogens is 3. The largest absolute Gasteiger partial charge is 0.412 e. The van der Waals surface area contributed by atoms with Crippen LogP contribution in [0.3, 0.4) is 0 Å². The second-order valence-corrected chi connectivity index (χ2v) is 7.73. The molecular formula is C24H31Cl2FN4O. The van der Waals surface area contributed by atoms with Gasteiger partial charge in [0.15, 0.2) is 0 Å². The van der Waals surface area contributed by atoms with Gasteiger partial charge in [0.25, 0.3) is 0 Å². The number of rotatable bonds is 7. The molecule has 1 aliphatic heterocycles. The molecule has 0 bridgehead atoms. The maximum Gasteiger partial charge on any atom is 0.148 e. The smallest absolute Gasteiger partial charge is 0.148 e. The predicted octanol–water partition coefficient (Wildman–Crippen LogP) is 5.02. The molecule has 2 heterocycles. The van der Waals surface area contributed by atoms with Gasteiger partial charge in [-0.15, -0.1) is 35.0 Å². The fourth-order valence-corrected chi connectivity index (χ4v) is 3.88. The van der Waals surface area contributed by atoms with Gasteiger partial charge in [0, 0.05) is 18.7 Å². The fraction of sp³-hybridized carbons (Fsp3) is 0.333. The summed E-state index contributed by atoms with van der Waals surface area (Å²) in [5, 5.41) is 11.9. The highest BCUT2D eigenvalue weighted by Crippen LogP contribution is 2.22. The van der Waals surface area contributed by atoms with E-state index in [-0.39, 0.29) is 36.1 Å². The zero-order chi connectivity index (χ0) is 19.9. The summed E-state index contributed by atoms with van der Waals surface area (Å²) < 4.78 is 13.0. The average molecular weight is 481 g/mol. The van der Waals surface area contributed by atoms with E-state index >= 15 is 0 Å². The minimum Gasteiger partial charge on any atom is -0.412 e. The van der Waals surface area contributed by atoms with E-state index in [2.05, 4.69) is 50.7 Å². The summed E-state index contributed by atoms with van der Waals surface area (Å²) in [6, 6.07) is 20.9. The first-order chi connectivity index (χ1) is 14.3. The Bertz CT molecular complexity index is 890. The molecule has 0 radical (unpaired) electrons. The first-order valence-corrected chi connectivity index (χ1v) is 10.4. The number of likely N-dealkylation sites (tertiary alicyclic amines) is 1. The van der Waals surface area contributed by atoms with Crippen molar-refractivity contribution >= 4 is 30.6 Å². The lowest BCUT2D eigenvalue weighted by Gasteiger charge is -2.32. The molecule has 0 amide bonds. The van der Waals surface area contributed by atoms with Gasteiger partial charge in [0.2, 0.25) is 0 Å². The Labute approximate surface area is 201 Å². The van der Waals surface area contributed by atoms with Crippen molar-refractivity contribution in [3.63, 3.8) is 0 Å². The van der Waals surface area contributed by atoms with Gasteiger partial charge >= 0.3 is 0 Å². The molecule has 0 atom stereocenters. The third kappa shape index (κ3) is 8.02. The molecule has 3 N–H and O–H groups in total. The maximum atomic E-state index is 13.0. The number of piperidine rings is 1. The Kier molecular flexibility index (Phi) is 12.2. The van der Waals surface area contributed by atoms with Crippen LogP contribution in [0.2, 0.25) is 0 Å². The molecule has 3 aromatic rings. The molecule has 1 saturated heterocycles. The second kappa shape index (κ2) is 14.0. The van der Waals surface area contributed by atoms with E-state index in [0.29, 0.717) is 0 Å². The zero-order valence-electron chi connectivity index (χ0n) is 17.9. The van der Waals surface area contributed by atoms with Gasteiger partial charge in [-0.05, 0) is 80.2 Å². The van der Waals surface area contributed by atoms with Gasteiger partial charge < -0.3 is 10.8 Å². The van der Waals surface area contributed by atoms with Crippen molar-refractivity contribution in [2.24, 2.45) is 5.92 Å². The Balaban J connectivity index is 0.00000171. The Morgan fingerprint density at radius 3 is 2.19 bits per heavy atom.